The number of nitrogens with two attached hydrogens (primary N) is 1. The van der Waals surface area contributed by atoms with Gasteiger partial charge in [0.05, 0.1) is 13.7 Å². The second-order valence-electron chi connectivity index (χ2n) is 4.75. The van der Waals surface area contributed by atoms with Gasteiger partial charge in [-0.25, -0.2) is 4.79 Å². The van der Waals surface area contributed by atoms with Gasteiger partial charge in [0, 0.05) is 18.2 Å². The fourth-order valence-electron chi connectivity index (χ4n) is 2.56. The first-order chi connectivity index (χ1) is 9.65. The molecule has 6 heteroatoms. The molecule has 108 valence electrons. The van der Waals surface area contributed by atoms with Crippen LogP contribution in [0, 0.1) is 0 Å². The monoisotopic (exact) mass is 277 g/mol. The fraction of sp³-hybridized carbons (Fsp3) is 0.429. The number of methoxy groups -OCH3 is 1. The average molecular weight is 277 g/mol. The number of amides is 2. The largest absolute Gasteiger partial charge is 0.453 e. The number of fused-ring (bicyclic) bond motifs is 1. The van der Waals surface area contributed by atoms with Crippen LogP contribution >= 0.6 is 0 Å². The highest BCUT2D eigenvalue weighted by Gasteiger charge is 2.28. The first kappa shape index (κ1) is 14.3. The summed E-state index contributed by atoms with van der Waals surface area (Å²) in [5.41, 5.74) is 7.88. The minimum Gasteiger partial charge on any atom is -0.453 e. The lowest BCUT2D eigenvalue weighted by Crippen LogP contribution is -2.39. The lowest BCUT2D eigenvalue weighted by Gasteiger charge is -2.18. The van der Waals surface area contributed by atoms with Crippen LogP contribution < -0.4 is 16.0 Å². The van der Waals surface area contributed by atoms with E-state index >= 15 is 0 Å². The number of hydrogen-bond acceptors (Lipinski definition) is 5. The normalized spacial score (nSPS) is 16.7. The standard InChI is InChI=1S/C14H19N3O3/c1-20-14(19)16-13(18)9-17-8-10(6-7-15)11-4-2-3-5-12(11)17/h2-5,10H,6-9,15H2,1H3,(H,16,18,19). The highest BCUT2D eigenvalue weighted by Crippen LogP contribution is 2.37. The maximum absolute atomic E-state index is 11.8. The summed E-state index contributed by atoms with van der Waals surface area (Å²) in [4.78, 5) is 24.7. The van der Waals surface area contributed by atoms with Crippen LogP contribution in [0.3, 0.4) is 0 Å². The van der Waals surface area contributed by atoms with E-state index in [1.165, 1.54) is 12.7 Å². The molecule has 20 heavy (non-hydrogen) atoms. The number of hydrogen-bond donors (Lipinski definition) is 2. The van der Waals surface area contributed by atoms with Gasteiger partial charge < -0.3 is 15.4 Å². The number of para-hydroxylation sites is 1. The number of carbonyl (C=O) groups is 2. The summed E-state index contributed by atoms with van der Waals surface area (Å²) in [5, 5.41) is 2.17. The molecule has 0 radical (unpaired) electrons. The van der Waals surface area contributed by atoms with Crippen molar-refractivity contribution in [2.45, 2.75) is 12.3 Å². The first-order valence-corrected chi connectivity index (χ1v) is 6.57. The predicted molar refractivity (Wildman–Crippen MR) is 75.6 cm³/mol. The third kappa shape index (κ3) is 3.08. The molecule has 1 unspecified atom stereocenters. The minimum atomic E-state index is -0.735. The lowest BCUT2D eigenvalue weighted by atomic mass is 9.98. The van der Waals surface area contributed by atoms with Crippen molar-refractivity contribution >= 4 is 17.7 Å². The Morgan fingerprint density at radius 2 is 2.20 bits per heavy atom. The van der Waals surface area contributed by atoms with Gasteiger partial charge in [-0.3, -0.25) is 10.1 Å². The van der Waals surface area contributed by atoms with E-state index in [0.717, 1.165) is 18.7 Å². The van der Waals surface area contributed by atoms with Crippen molar-refractivity contribution in [1.82, 2.24) is 5.32 Å². The molecule has 1 aliphatic rings. The number of nitrogens with one attached hydrogen (secondary N) is 1. The Hall–Kier alpha value is -2.08. The van der Waals surface area contributed by atoms with Crippen LogP contribution in [-0.4, -0.2) is 38.7 Å². The summed E-state index contributed by atoms with van der Waals surface area (Å²) in [5.74, 6) is -0.0396. The molecule has 0 saturated heterocycles. The van der Waals surface area contributed by atoms with E-state index in [0.29, 0.717) is 12.5 Å². The number of benzene rings is 1. The molecule has 1 aromatic rings. The molecular weight excluding hydrogens is 258 g/mol. The molecule has 1 heterocycles. The Morgan fingerprint density at radius 1 is 1.45 bits per heavy atom. The van der Waals surface area contributed by atoms with Crippen molar-refractivity contribution in [3.8, 4) is 0 Å². The molecule has 0 aliphatic carbocycles. The van der Waals surface area contributed by atoms with Crippen LogP contribution in [0.25, 0.3) is 0 Å². The predicted octanol–water partition coefficient (Wildman–Crippen LogP) is 0.822. The van der Waals surface area contributed by atoms with Crippen molar-refractivity contribution in [2.24, 2.45) is 5.73 Å². The Bertz CT molecular complexity index is 504. The zero-order valence-electron chi connectivity index (χ0n) is 11.5. The van der Waals surface area contributed by atoms with E-state index in [-0.39, 0.29) is 12.5 Å². The van der Waals surface area contributed by atoms with Gasteiger partial charge in [-0.15, -0.1) is 0 Å². The molecule has 0 saturated carbocycles. The summed E-state index contributed by atoms with van der Waals surface area (Å²) in [6.45, 7) is 1.49. The molecule has 1 atom stereocenters. The number of ether oxygens (including phenoxy) is 1. The van der Waals surface area contributed by atoms with Crippen LogP contribution in [-0.2, 0) is 9.53 Å². The van der Waals surface area contributed by atoms with Gasteiger partial charge in [0.15, 0.2) is 0 Å². The summed E-state index contributed by atoms with van der Waals surface area (Å²) in [6, 6.07) is 7.97. The van der Waals surface area contributed by atoms with Gasteiger partial charge >= 0.3 is 6.09 Å². The molecule has 1 aromatic carbocycles. The van der Waals surface area contributed by atoms with Gasteiger partial charge in [0.2, 0.25) is 5.91 Å². The van der Waals surface area contributed by atoms with Gasteiger partial charge in [0.1, 0.15) is 0 Å². The first-order valence-electron chi connectivity index (χ1n) is 6.57. The van der Waals surface area contributed by atoms with Crippen molar-refractivity contribution < 1.29 is 14.3 Å². The summed E-state index contributed by atoms with van der Waals surface area (Å²) in [7, 11) is 1.23. The maximum atomic E-state index is 11.8. The van der Waals surface area contributed by atoms with E-state index in [1.54, 1.807) is 0 Å². The van der Waals surface area contributed by atoms with E-state index < -0.39 is 6.09 Å². The molecule has 1 aliphatic heterocycles. The minimum absolute atomic E-state index is 0.132. The number of imide groups is 1. The zero-order valence-corrected chi connectivity index (χ0v) is 11.5. The molecule has 0 aromatic heterocycles. The van der Waals surface area contributed by atoms with Crippen LogP contribution in [0.4, 0.5) is 10.5 Å². The Labute approximate surface area is 117 Å². The number of alkyl carbamates (subject to hydrolysis) is 1. The van der Waals surface area contributed by atoms with Crippen molar-refractivity contribution in [2.75, 3.05) is 31.6 Å². The van der Waals surface area contributed by atoms with E-state index in [4.69, 9.17) is 5.73 Å². The Morgan fingerprint density at radius 3 is 2.90 bits per heavy atom. The number of rotatable bonds is 4. The Balaban J connectivity index is 2.07. The van der Waals surface area contributed by atoms with Crippen LogP contribution in [0.15, 0.2) is 24.3 Å². The van der Waals surface area contributed by atoms with Crippen LogP contribution in [0.1, 0.15) is 17.9 Å². The highest BCUT2D eigenvalue weighted by molar-refractivity contribution is 5.94. The van der Waals surface area contributed by atoms with Crippen LogP contribution in [0.2, 0.25) is 0 Å². The SMILES string of the molecule is COC(=O)NC(=O)CN1CC(CCN)c2ccccc21. The van der Waals surface area contributed by atoms with Crippen molar-refractivity contribution in [3.63, 3.8) is 0 Å². The lowest BCUT2D eigenvalue weighted by molar-refractivity contribution is -0.119. The fourth-order valence-corrected chi connectivity index (χ4v) is 2.56. The third-order valence-corrected chi connectivity index (χ3v) is 3.43. The number of carbonyl (C=O) groups excluding carboxylic acids is 2. The van der Waals surface area contributed by atoms with Gasteiger partial charge in [0.25, 0.3) is 0 Å². The number of anilines is 1. The van der Waals surface area contributed by atoms with E-state index in [9.17, 15) is 9.59 Å². The summed E-state index contributed by atoms with van der Waals surface area (Å²) < 4.78 is 4.41. The molecule has 3 N–H and O–H groups in total. The molecule has 6 nitrogen and oxygen atoms in total. The molecule has 0 fully saturated rings. The smallest absolute Gasteiger partial charge is 0.413 e. The van der Waals surface area contributed by atoms with E-state index in [1.807, 2.05) is 23.1 Å². The second-order valence-corrected chi connectivity index (χ2v) is 4.75. The molecular formula is C14H19N3O3. The molecule has 0 bridgehead atoms. The van der Waals surface area contributed by atoms with Crippen molar-refractivity contribution in [3.05, 3.63) is 29.8 Å². The van der Waals surface area contributed by atoms with E-state index in [2.05, 4.69) is 16.1 Å². The molecule has 2 rings (SSSR count). The van der Waals surface area contributed by atoms with Gasteiger partial charge in [-0.05, 0) is 24.6 Å². The average Bonchev–Trinajstić information content (AvgIpc) is 2.78. The highest BCUT2D eigenvalue weighted by atomic mass is 16.5. The summed E-state index contributed by atoms with van der Waals surface area (Å²) in [6.07, 6.45) is 0.146. The van der Waals surface area contributed by atoms with Gasteiger partial charge in [-0.1, -0.05) is 18.2 Å². The van der Waals surface area contributed by atoms with Crippen molar-refractivity contribution in [1.29, 1.82) is 0 Å². The van der Waals surface area contributed by atoms with Crippen LogP contribution in [0.5, 0.6) is 0 Å². The second kappa shape index (κ2) is 6.38. The summed E-state index contributed by atoms with van der Waals surface area (Å²) >= 11 is 0. The maximum Gasteiger partial charge on any atom is 0.413 e. The Kier molecular flexibility index (Phi) is 4.57. The quantitative estimate of drug-likeness (QED) is 0.851. The van der Waals surface area contributed by atoms with Gasteiger partial charge in [-0.2, -0.15) is 0 Å². The third-order valence-electron chi connectivity index (χ3n) is 3.43. The molecule has 2 amide bonds. The topological polar surface area (TPSA) is 84.7 Å². The zero-order chi connectivity index (χ0) is 14.5. The molecule has 0 spiro atoms. The number of nitrogens with zero attached hydrogens (tertiary/aromatic N) is 1.